The summed E-state index contributed by atoms with van der Waals surface area (Å²) in [7, 11) is 0. The highest BCUT2D eigenvalue weighted by Gasteiger charge is 2.31. The third kappa shape index (κ3) is 2.45. The largest absolute Gasteiger partial charge is 0.416 e. The predicted molar refractivity (Wildman–Crippen MR) is 59.8 cm³/mol. The van der Waals surface area contributed by atoms with Crippen LogP contribution in [-0.2, 0) is 6.18 Å². The summed E-state index contributed by atoms with van der Waals surface area (Å²) in [6.07, 6.45) is -4.26. The number of anilines is 1. The molecule has 1 nitrogen and oxygen atoms in total. The molecule has 0 spiro atoms. The molecular weight excluding hydrogens is 235 g/mol. The molecule has 16 heavy (non-hydrogen) atoms. The van der Waals surface area contributed by atoms with Gasteiger partial charge in [0.15, 0.2) is 0 Å². The van der Waals surface area contributed by atoms with Crippen LogP contribution in [-0.4, -0.2) is 12.3 Å². The quantitative estimate of drug-likeness (QED) is 0.747. The molecule has 0 aliphatic carbocycles. The van der Waals surface area contributed by atoms with Gasteiger partial charge in [0.05, 0.1) is 5.56 Å². The Morgan fingerprint density at radius 3 is 2.81 bits per heavy atom. The van der Waals surface area contributed by atoms with Gasteiger partial charge in [-0.05, 0) is 24.1 Å². The molecule has 0 amide bonds. The molecule has 0 radical (unpaired) electrons. The molecule has 0 fully saturated rings. The van der Waals surface area contributed by atoms with Gasteiger partial charge >= 0.3 is 6.18 Å². The second kappa shape index (κ2) is 4.20. The minimum absolute atomic E-state index is 0.465. The molecular formula is C11H12F3NS. The van der Waals surface area contributed by atoms with Crippen LogP contribution in [0.2, 0.25) is 0 Å². The molecule has 1 aromatic carbocycles. The van der Waals surface area contributed by atoms with Crippen molar-refractivity contribution in [1.82, 2.24) is 0 Å². The van der Waals surface area contributed by atoms with Gasteiger partial charge in [-0.1, -0.05) is 6.92 Å². The van der Waals surface area contributed by atoms with Crippen molar-refractivity contribution in [3.63, 3.8) is 0 Å². The molecule has 1 atom stereocenters. The molecule has 5 heteroatoms. The first kappa shape index (κ1) is 11.6. The average molecular weight is 247 g/mol. The van der Waals surface area contributed by atoms with Crippen molar-refractivity contribution in [2.75, 3.05) is 17.6 Å². The standard InChI is InChI=1S/C11H12F3NS/c1-7-5-15-9-3-2-8(11(12,13)14)4-10(9)16-6-7/h2-4,7,15H,5-6H2,1H3. The number of rotatable bonds is 0. The first-order valence-electron chi connectivity index (χ1n) is 5.05. The van der Waals surface area contributed by atoms with Crippen molar-refractivity contribution in [1.29, 1.82) is 0 Å². The van der Waals surface area contributed by atoms with E-state index in [1.165, 1.54) is 23.9 Å². The fourth-order valence-electron chi connectivity index (χ4n) is 1.54. The zero-order chi connectivity index (χ0) is 11.8. The summed E-state index contributed by atoms with van der Waals surface area (Å²) in [6.45, 7) is 2.89. The molecule has 2 rings (SSSR count). The number of thioether (sulfide) groups is 1. The Labute approximate surface area is 96.4 Å². The van der Waals surface area contributed by atoms with Crippen LogP contribution in [0.25, 0.3) is 0 Å². The Balaban J connectivity index is 2.32. The van der Waals surface area contributed by atoms with E-state index < -0.39 is 11.7 Å². The summed E-state index contributed by atoms with van der Waals surface area (Å²) >= 11 is 1.49. The molecule has 0 aromatic heterocycles. The first-order valence-corrected chi connectivity index (χ1v) is 6.03. The van der Waals surface area contributed by atoms with Crippen LogP contribution >= 0.6 is 11.8 Å². The average Bonchev–Trinajstić information content (AvgIpc) is 2.39. The number of hydrogen-bond donors (Lipinski definition) is 1. The van der Waals surface area contributed by atoms with Crippen LogP contribution < -0.4 is 5.32 Å². The zero-order valence-corrected chi connectivity index (χ0v) is 9.58. The van der Waals surface area contributed by atoms with Gasteiger partial charge in [0, 0.05) is 22.9 Å². The highest BCUT2D eigenvalue weighted by atomic mass is 32.2. The fourth-order valence-corrected chi connectivity index (χ4v) is 2.63. The van der Waals surface area contributed by atoms with Crippen LogP contribution in [0.5, 0.6) is 0 Å². The van der Waals surface area contributed by atoms with Crippen LogP contribution in [0.4, 0.5) is 18.9 Å². The first-order chi connectivity index (χ1) is 7.47. The maximum absolute atomic E-state index is 12.5. The van der Waals surface area contributed by atoms with Crippen molar-refractivity contribution in [2.24, 2.45) is 5.92 Å². The molecule has 1 aromatic rings. The second-order valence-corrected chi connectivity index (χ2v) is 5.07. The summed E-state index contributed by atoms with van der Waals surface area (Å²) in [5, 5.41) is 3.17. The summed E-state index contributed by atoms with van der Waals surface area (Å²) in [5.74, 6) is 1.31. The van der Waals surface area contributed by atoms with Crippen LogP contribution in [0.1, 0.15) is 12.5 Å². The van der Waals surface area contributed by atoms with Gasteiger partial charge in [-0.15, -0.1) is 11.8 Å². The van der Waals surface area contributed by atoms with E-state index in [0.29, 0.717) is 10.8 Å². The Bertz CT molecular complexity index is 389. The maximum Gasteiger partial charge on any atom is 0.416 e. The molecule has 0 saturated heterocycles. The van der Waals surface area contributed by atoms with Gasteiger partial charge in [-0.2, -0.15) is 13.2 Å². The Morgan fingerprint density at radius 2 is 2.12 bits per heavy atom. The topological polar surface area (TPSA) is 12.0 Å². The van der Waals surface area contributed by atoms with E-state index in [1.807, 2.05) is 0 Å². The molecule has 1 aliphatic heterocycles. The summed E-state index contributed by atoms with van der Waals surface area (Å²) < 4.78 is 37.5. The van der Waals surface area contributed by atoms with Gasteiger partial charge in [0.2, 0.25) is 0 Å². The maximum atomic E-state index is 12.5. The van der Waals surface area contributed by atoms with Gasteiger partial charge in [-0.25, -0.2) is 0 Å². The van der Waals surface area contributed by atoms with Gasteiger partial charge in [0.1, 0.15) is 0 Å². The van der Waals surface area contributed by atoms with Crippen LogP contribution in [0.3, 0.4) is 0 Å². The van der Waals surface area contributed by atoms with E-state index in [9.17, 15) is 13.2 Å². The minimum atomic E-state index is -4.26. The molecule has 0 bridgehead atoms. The normalized spacial score (nSPS) is 20.9. The lowest BCUT2D eigenvalue weighted by atomic mass is 10.2. The number of hydrogen-bond acceptors (Lipinski definition) is 2. The predicted octanol–water partition coefficient (Wildman–Crippen LogP) is 3.86. The number of benzene rings is 1. The van der Waals surface area contributed by atoms with Crippen molar-refractivity contribution in [3.8, 4) is 0 Å². The third-order valence-corrected chi connectivity index (χ3v) is 3.86. The monoisotopic (exact) mass is 247 g/mol. The lowest BCUT2D eigenvalue weighted by molar-refractivity contribution is -0.137. The van der Waals surface area contributed by atoms with E-state index in [1.54, 1.807) is 0 Å². The molecule has 1 aliphatic rings. The van der Waals surface area contributed by atoms with Crippen LogP contribution in [0, 0.1) is 5.92 Å². The minimum Gasteiger partial charge on any atom is -0.384 e. The Kier molecular flexibility index (Phi) is 3.06. The summed E-state index contributed by atoms with van der Waals surface area (Å²) in [5.41, 5.74) is 0.234. The SMILES string of the molecule is CC1CNc2ccc(C(F)(F)F)cc2SC1. The van der Waals surface area contributed by atoms with Crippen LogP contribution in [0.15, 0.2) is 23.1 Å². The van der Waals surface area contributed by atoms with Gasteiger partial charge in [0.25, 0.3) is 0 Å². The van der Waals surface area contributed by atoms with Gasteiger partial charge in [-0.3, -0.25) is 0 Å². The van der Waals surface area contributed by atoms with E-state index in [-0.39, 0.29) is 0 Å². The molecule has 88 valence electrons. The molecule has 0 saturated carbocycles. The van der Waals surface area contributed by atoms with E-state index in [2.05, 4.69) is 12.2 Å². The number of alkyl halides is 3. The van der Waals surface area contributed by atoms with Crippen molar-refractivity contribution in [3.05, 3.63) is 23.8 Å². The highest BCUT2D eigenvalue weighted by Crippen LogP contribution is 2.37. The van der Waals surface area contributed by atoms with E-state index >= 15 is 0 Å². The smallest absolute Gasteiger partial charge is 0.384 e. The van der Waals surface area contributed by atoms with Gasteiger partial charge < -0.3 is 5.32 Å². The summed E-state index contributed by atoms with van der Waals surface area (Å²) in [4.78, 5) is 0.694. The van der Waals surface area contributed by atoms with Crippen molar-refractivity contribution >= 4 is 17.4 Å². The third-order valence-electron chi connectivity index (χ3n) is 2.47. The number of halogens is 3. The Hall–Kier alpha value is -0.840. The fraction of sp³-hybridized carbons (Fsp3) is 0.455. The molecule has 1 N–H and O–H groups in total. The number of fused-ring (bicyclic) bond motifs is 1. The van der Waals surface area contributed by atoms with E-state index in [0.717, 1.165) is 24.1 Å². The Morgan fingerprint density at radius 1 is 1.38 bits per heavy atom. The van der Waals surface area contributed by atoms with E-state index in [4.69, 9.17) is 0 Å². The number of nitrogens with one attached hydrogen (secondary N) is 1. The highest BCUT2D eigenvalue weighted by molar-refractivity contribution is 7.99. The zero-order valence-electron chi connectivity index (χ0n) is 8.77. The summed E-state index contributed by atoms with van der Waals surface area (Å²) in [6, 6.07) is 3.87. The molecule has 1 unspecified atom stereocenters. The van der Waals surface area contributed by atoms with Crippen molar-refractivity contribution in [2.45, 2.75) is 18.0 Å². The molecule has 1 heterocycles. The second-order valence-electron chi connectivity index (χ2n) is 4.01. The lowest BCUT2D eigenvalue weighted by Gasteiger charge is -2.11. The lowest BCUT2D eigenvalue weighted by Crippen LogP contribution is -2.10. The van der Waals surface area contributed by atoms with Crippen molar-refractivity contribution < 1.29 is 13.2 Å².